The average molecular weight is 222 g/mol. The minimum absolute atomic E-state index is 0.208. The van der Waals surface area contributed by atoms with Crippen molar-refractivity contribution in [1.29, 1.82) is 0 Å². The van der Waals surface area contributed by atoms with E-state index in [1.807, 2.05) is 13.1 Å². The molecule has 0 aliphatic heterocycles. The summed E-state index contributed by atoms with van der Waals surface area (Å²) in [6.07, 6.45) is 0.815. The van der Waals surface area contributed by atoms with Gasteiger partial charge in [-0.3, -0.25) is 0 Å². The van der Waals surface area contributed by atoms with Crippen LogP contribution in [0.2, 0.25) is 0 Å². The van der Waals surface area contributed by atoms with Crippen molar-refractivity contribution in [3.63, 3.8) is 0 Å². The maximum absolute atomic E-state index is 12.9. The van der Waals surface area contributed by atoms with Crippen LogP contribution < -0.4 is 0 Å². The van der Waals surface area contributed by atoms with Gasteiger partial charge in [-0.25, -0.2) is 4.39 Å². The van der Waals surface area contributed by atoms with E-state index in [0.717, 1.165) is 18.5 Å². The van der Waals surface area contributed by atoms with Gasteiger partial charge in [0.15, 0.2) is 0 Å². The van der Waals surface area contributed by atoms with Crippen molar-refractivity contribution in [2.75, 3.05) is 20.1 Å². The molecule has 0 atom stereocenters. The van der Waals surface area contributed by atoms with E-state index in [1.54, 1.807) is 6.07 Å². The van der Waals surface area contributed by atoms with Crippen molar-refractivity contribution in [2.45, 2.75) is 13.0 Å². The van der Waals surface area contributed by atoms with E-state index in [-0.39, 0.29) is 5.82 Å². The SMILES string of the molecule is CN(CCCN=[N+]=[N-])Cc1cccc(F)c1. The summed E-state index contributed by atoms with van der Waals surface area (Å²) in [5.74, 6) is -0.208. The number of azide groups is 1. The molecule has 0 radical (unpaired) electrons. The summed E-state index contributed by atoms with van der Waals surface area (Å²) >= 11 is 0. The zero-order valence-electron chi connectivity index (χ0n) is 9.30. The van der Waals surface area contributed by atoms with Gasteiger partial charge in [0, 0.05) is 18.0 Å². The molecule has 86 valence electrons. The maximum Gasteiger partial charge on any atom is 0.123 e. The van der Waals surface area contributed by atoms with E-state index in [1.165, 1.54) is 12.1 Å². The van der Waals surface area contributed by atoms with E-state index in [9.17, 15) is 4.39 Å². The third-order valence-electron chi connectivity index (χ3n) is 2.20. The van der Waals surface area contributed by atoms with Crippen molar-refractivity contribution in [1.82, 2.24) is 4.90 Å². The van der Waals surface area contributed by atoms with Gasteiger partial charge in [-0.05, 0) is 43.2 Å². The first-order chi connectivity index (χ1) is 7.72. The molecule has 16 heavy (non-hydrogen) atoms. The van der Waals surface area contributed by atoms with Gasteiger partial charge in [0.25, 0.3) is 0 Å². The number of benzene rings is 1. The molecule has 0 aliphatic rings. The van der Waals surface area contributed by atoms with Crippen LogP contribution in [0.3, 0.4) is 0 Å². The number of nitrogens with zero attached hydrogens (tertiary/aromatic N) is 4. The second-order valence-electron chi connectivity index (χ2n) is 3.68. The highest BCUT2D eigenvalue weighted by molar-refractivity contribution is 5.15. The Hall–Kier alpha value is -1.58. The molecular formula is C11H15FN4. The Balaban J connectivity index is 2.33. The Bertz CT molecular complexity index is 374. The highest BCUT2D eigenvalue weighted by Gasteiger charge is 2.00. The van der Waals surface area contributed by atoms with Crippen molar-refractivity contribution in [3.05, 3.63) is 46.1 Å². The van der Waals surface area contributed by atoms with Crippen LogP contribution in [0.1, 0.15) is 12.0 Å². The first-order valence-corrected chi connectivity index (χ1v) is 5.16. The third kappa shape index (κ3) is 4.77. The number of rotatable bonds is 6. The molecule has 0 spiro atoms. The van der Waals surface area contributed by atoms with Crippen LogP contribution >= 0.6 is 0 Å². The van der Waals surface area contributed by atoms with Gasteiger partial charge in [0.05, 0.1) is 0 Å². The summed E-state index contributed by atoms with van der Waals surface area (Å²) in [4.78, 5) is 4.76. The molecule has 0 amide bonds. The smallest absolute Gasteiger partial charge is 0.123 e. The predicted molar refractivity (Wildman–Crippen MR) is 61.4 cm³/mol. The molecule has 0 aliphatic carbocycles. The lowest BCUT2D eigenvalue weighted by Crippen LogP contribution is -2.19. The van der Waals surface area contributed by atoms with Gasteiger partial charge in [-0.2, -0.15) is 0 Å². The van der Waals surface area contributed by atoms with Gasteiger partial charge in [0.2, 0.25) is 0 Å². The second-order valence-corrected chi connectivity index (χ2v) is 3.68. The van der Waals surface area contributed by atoms with Gasteiger partial charge < -0.3 is 4.90 Å². The van der Waals surface area contributed by atoms with Crippen molar-refractivity contribution < 1.29 is 4.39 Å². The molecule has 0 N–H and O–H groups in total. The summed E-state index contributed by atoms with van der Waals surface area (Å²) in [5.41, 5.74) is 9.05. The summed E-state index contributed by atoms with van der Waals surface area (Å²) in [6.45, 7) is 2.04. The molecule has 1 rings (SSSR count). The van der Waals surface area contributed by atoms with Crippen molar-refractivity contribution >= 4 is 0 Å². The first kappa shape index (κ1) is 12.5. The maximum atomic E-state index is 12.9. The molecule has 0 aromatic heterocycles. The minimum Gasteiger partial charge on any atom is -0.302 e. The van der Waals surface area contributed by atoms with Gasteiger partial charge in [-0.1, -0.05) is 17.2 Å². The van der Waals surface area contributed by atoms with Gasteiger partial charge >= 0.3 is 0 Å². The molecule has 0 heterocycles. The minimum atomic E-state index is -0.208. The molecule has 0 unspecified atom stereocenters. The van der Waals surface area contributed by atoms with E-state index >= 15 is 0 Å². The third-order valence-corrected chi connectivity index (χ3v) is 2.20. The second kappa shape index (κ2) is 6.82. The van der Waals surface area contributed by atoms with E-state index in [4.69, 9.17) is 5.53 Å². The summed E-state index contributed by atoms with van der Waals surface area (Å²) < 4.78 is 12.9. The van der Waals surface area contributed by atoms with Gasteiger partial charge in [-0.15, -0.1) is 0 Å². The number of hydrogen-bond donors (Lipinski definition) is 0. The Morgan fingerprint density at radius 1 is 1.50 bits per heavy atom. The van der Waals surface area contributed by atoms with Crippen LogP contribution in [0, 0.1) is 5.82 Å². The normalized spacial score (nSPS) is 10.2. The molecule has 0 saturated carbocycles. The van der Waals surface area contributed by atoms with Crippen LogP contribution in [-0.4, -0.2) is 25.0 Å². The Morgan fingerprint density at radius 2 is 2.31 bits per heavy atom. The fourth-order valence-electron chi connectivity index (χ4n) is 1.48. The van der Waals surface area contributed by atoms with Crippen LogP contribution in [0.25, 0.3) is 10.4 Å². The highest BCUT2D eigenvalue weighted by atomic mass is 19.1. The fraction of sp³-hybridized carbons (Fsp3) is 0.455. The number of halogens is 1. The lowest BCUT2D eigenvalue weighted by Gasteiger charge is -2.15. The number of hydrogen-bond acceptors (Lipinski definition) is 2. The lowest BCUT2D eigenvalue weighted by molar-refractivity contribution is 0.323. The monoisotopic (exact) mass is 222 g/mol. The summed E-state index contributed by atoms with van der Waals surface area (Å²) in [5, 5.41) is 3.46. The van der Waals surface area contributed by atoms with Crippen LogP contribution in [0.4, 0.5) is 4.39 Å². The molecule has 1 aromatic rings. The zero-order valence-corrected chi connectivity index (χ0v) is 9.30. The highest BCUT2D eigenvalue weighted by Crippen LogP contribution is 2.06. The fourth-order valence-corrected chi connectivity index (χ4v) is 1.48. The summed E-state index contributed by atoms with van der Waals surface area (Å²) in [7, 11) is 1.96. The average Bonchev–Trinajstić information content (AvgIpc) is 2.24. The quantitative estimate of drug-likeness (QED) is 0.316. The summed E-state index contributed by atoms with van der Waals surface area (Å²) in [6, 6.07) is 6.57. The molecule has 5 heteroatoms. The van der Waals surface area contributed by atoms with Gasteiger partial charge in [0.1, 0.15) is 5.82 Å². The molecule has 0 saturated heterocycles. The van der Waals surface area contributed by atoms with E-state index in [0.29, 0.717) is 13.1 Å². The van der Waals surface area contributed by atoms with Crippen LogP contribution in [-0.2, 0) is 6.54 Å². The van der Waals surface area contributed by atoms with Crippen molar-refractivity contribution in [3.8, 4) is 0 Å². The first-order valence-electron chi connectivity index (χ1n) is 5.16. The molecule has 0 fully saturated rings. The van der Waals surface area contributed by atoms with Crippen molar-refractivity contribution in [2.24, 2.45) is 5.11 Å². The Labute approximate surface area is 94.3 Å². The standard InChI is InChI=1S/C11H15FN4/c1-16(7-3-6-14-15-13)9-10-4-2-5-11(12)8-10/h2,4-5,8H,3,6-7,9H2,1H3. The molecule has 4 nitrogen and oxygen atoms in total. The topological polar surface area (TPSA) is 52.0 Å². The molecule has 1 aromatic carbocycles. The Morgan fingerprint density at radius 3 is 3.00 bits per heavy atom. The van der Waals surface area contributed by atoms with E-state index < -0.39 is 0 Å². The lowest BCUT2D eigenvalue weighted by atomic mass is 10.2. The van der Waals surface area contributed by atoms with E-state index in [2.05, 4.69) is 14.9 Å². The predicted octanol–water partition coefficient (Wildman–Crippen LogP) is 2.96. The van der Waals surface area contributed by atoms with Crippen LogP contribution in [0.5, 0.6) is 0 Å². The van der Waals surface area contributed by atoms with Crippen LogP contribution in [0.15, 0.2) is 29.4 Å². The molecular weight excluding hydrogens is 207 g/mol. The molecule has 0 bridgehead atoms. The Kier molecular flexibility index (Phi) is 5.32. The zero-order chi connectivity index (χ0) is 11.8. The largest absolute Gasteiger partial charge is 0.302 e.